The molecule has 5 heteroatoms. The number of hydrogen-bond acceptors (Lipinski definition) is 3. The van der Waals surface area contributed by atoms with Crippen molar-refractivity contribution in [1.29, 1.82) is 0 Å². The fraction of sp³-hybridized carbons (Fsp3) is 0.571. The van der Waals surface area contributed by atoms with Crippen molar-refractivity contribution in [3.8, 4) is 5.75 Å². The van der Waals surface area contributed by atoms with Gasteiger partial charge in [0.1, 0.15) is 5.75 Å². The zero-order chi connectivity index (χ0) is 13.8. The first-order valence-corrected chi connectivity index (χ1v) is 8.29. The quantitative estimate of drug-likeness (QED) is 0.732. The van der Waals surface area contributed by atoms with Crippen molar-refractivity contribution >= 4 is 31.9 Å². The summed E-state index contributed by atoms with van der Waals surface area (Å²) in [7, 11) is 1.68. The van der Waals surface area contributed by atoms with Gasteiger partial charge in [0.2, 0.25) is 0 Å². The van der Waals surface area contributed by atoms with Crippen molar-refractivity contribution in [3.63, 3.8) is 0 Å². The molecule has 2 rings (SSSR count). The molecule has 1 heterocycles. The Kier molecular flexibility index (Phi) is 5.69. The summed E-state index contributed by atoms with van der Waals surface area (Å²) in [5.74, 6) is 0.872. The van der Waals surface area contributed by atoms with Gasteiger partial charge < -0.3 is 9.47 Å². The first-order chi connectivity index (χ1) is 9.13. The van der Waals surface area contributed by atoms with E-state index in [4.69, 9.17) is 9.47 Å². The molecule has 3 nitrogen and oxygen atoms in total. The summed E-state index contributed by atoms with van der Waals surface area (Å²) in [6.07, 6.45) is 0.290. The molecular formula is C14H19Br2NO2. The van der Waals surface area contributed by atoms with Crippen molar-refractivity contribution in [2.75, 3.05) is 25.6 Å². The highest BCUT2D eigenvalue weighted by Crippen LogP contribution is 2.27. The van der Waals surface area contributed by atoms with Crippen LogP contribution in [0.25, 0.3) is 0 Å². The molecule has 1 aromatic rings. The van der Waals surface area contributed by atoms with Gasteiger partial charge in [-0.3, -0.25) is 4.90 Å². The van der Waals surface area contributed by atoms with E-state index in [2.05, 4.69) is 55.8 Å². The lowest BCUT2D eigenvalue weighted by atomic mass is 10.1. The van der Waals surface area contributed by atoms with Gasteiger partial charge in [-0.25, -0.2) is 0 Å². The number of morpholine rings is 1. The molecule has 2 unspecified atom stereocenters. The van der Waals surface area contributed by atoms with E-state index in [1.165, 1.54) is 5.56 Å². The van der Waals surface area contributed by atoms with Crippen LogP contribution in [0.4, 0.5) is 0 Å². The number of methoxy groups -OCH3 is 1. The molecule has 0 amide bonds. The summed E-state index contributed by atoms with van der Waals surface area (Å²) >= 11 is 7.04. The average molecular weight is 393 g/mol. The molecule has 1 aromatic carbocycles. The maximum atomic E-state index is 5.75. The van der Waals surface area contributed by atoms with Gasteiger partial charge >= 0.3 is 0 Å². The average Bonchev–Trinajstić information content (AvgIpc) is 2.41. The fourth-order valence-electron chi connectivity index (χ4n) is 2.23. The molecule has 1 aliphatic heterocycles. The zero-order valence-corrected chi connectivity index (χ0v) is 14.4. The largest absolute Gasteiger partial charge is 0.496 e. The summed E-state index contributed by atoms with van der Waals surface area (Å²) in [5, 5.41) is 0.891. The Morgan fingerprint density at radius 2 is 2.26 bits per heavy atom. The second kappa shape index (κ2) is 7.07. The minimum Gasteiger partial charge on any atom is -0.496 e. The van der Waals surface area contributed by atoms with Crippen molar-refractivity contribution < 1.29 is 9.47 Å². The number of nitrogens with zero attached hydrogens (tertiary/aromatic N) is 1. The lowest BCUT2D eigenvalue weighted by Crippen LogP contribution is -2.48. The maximum Gasteiger partial charge on any atom is 0.133 e. The van der Waals surface area contributed by atoms with Crippen molar-refractivity contribution in [1.82, 2.24) is 4.90 Å². The van der Waals surface area contributed by atoms with Crippen molar-refractivity contribution in [3.05, 3.63) is 28.2 Å². The first kappa shape index (κ1) is 15.3. The first-order valence-electron chi connectivity index (χ1n) is 6.38. The summed E-state index contributed by atoms with van der Waals surface area (Å²) in [6, 6.07) is 6.71. The van der Waals surface area contributed by atoms with Crippen LogP contribution in [0.1, 0.15) is 12.5 Å². The predicted octanol–water partition coefficient (Wildman–Crippen LogP) is 3.44. The molecule has 0 saturated carbocycles. The van der Waals surface area contributed by atoms with E-state index in [0.717, 1.165) is 35.2 Å². The van der Waals surface area contributed by atoms with E-state index < -0.39 is 0 Å². The summed E-state index contributed by atoms with van der Waals surface area (Å²) in [5.41, 5.74) is 1.29. The standard InChI is InChI=1S/C14H19Br2NO2/c1-10-9-19-12(6-15)8-17(10)7-11-3-4-14(18-2)13(16)5-11/h3-5,10,12H,6-9H2,1-2H3. The molecule has 0 aromatic heterocycles. The van der Waals surface area contributed by atoms with E-state index >= 15 is 0 Å². The van der Waals surface area contributed by atoms with Crippen LogP contribution < -0.4 is 4.74 Å². The van der Waals surface area contributed by atoms with Gasteiger partial charge in [0.15, 0.2) is 0 Å². The summed E-state index contributed by atoms with van der Waals surface area (Å²) in [4.78, 5) is 2.46. The van der Waals surface area contributed by atoms with E-state index in [9.17, 15) is 0 Å². The van der Waals surface area contributed by atoms with Crippen LogP contribution in [0.15, 0.2) is 22.7 Å². The topological polar surface area (TPSA) is 21.7 Å². The lowest BCUT2D eigenvalue weighted by Gasteiger charge is -2.37. The maximum absolute atomic E-state index is 5.75. The smallest absolute Gasteiger partial charge is 0.133 e. The Morgan fingerprint density at radius 3 is 2.89 bits per heavy atom. The monoisotopic (exact) mass is 391 g/mol. The number of benzene rings is 1. The fourth-order valence-corrected chi connectivity index (χ4v) is 3.21. The molecule has 1 fully saturated rings. The third-order valence-corrected chi connectivity index (χ3v) is 4.75. The number of ether oxygens (including phenoxy) is 2. The number of halogens is 2. The van der Waals surface area contributed by atoms with Crippen LogP contribution in [-0.4, -0.2) is 42.6 Å². The van der Waals surface area contributed by atoms with E-state index in [0.29, 0.717) is 6.04 Å². The van der Waals surface area contributed by atoms with Crippen molar-refractivity contribution in [2.45, 2.75) is 25.6 Å². The molecular weight excluding hydrogens is 374 g/mol. The summed E-state index contributed by atoms with van der Waals surface area (Å²) in [6.45, 7) is 4.92. The molecule has 1 aliphatic rings. The third-order valence-electron chi connectivity index (χ3n) is 3.41. The Bertz CT molecular complexity index is 428. The molecule has 106 valence electrons. The van der Waals surface area contributed by atoms with Crippen LogP contribution in [0.5, 0.6) is 5.75 Å². The normalized spacial score (nSPS) is 24.4. The molecule has 0 spiro atoms. The second-order valence-corrected chi connectivity index (χ2v) is 6.36. The molecule has 0 N–H and O–H groups in total. The molecule has 0 radical (unpaired) electrons. The number of alkyl halides is 1. The Morgan fingerprint density at radius 1 is 1.47 bits per heavy atom. The van der Waals surface area contributed by atoms with Gasteiger partial charge in [-0.2, -0.15) is 0 Å². The van der Waals surface area contributed by atoms with Gasteiger partial charge in [0.25, 0.3) is 0 Å². The second-order valence-electron chi connectivity index (χ2n) is 4.86. The van der Waals surface area contributed by atoms with E-state index in [1.807, 2.05) is 6.07 Å². The molecule has 0 bridgehead atoms. The van der Waals surface area contributed by atoms with Gasteiger partial charge in [0.05, 0.1) is 24.3 Å². The van der Waals surface area contributed by atoms with Crippen LogP contribution >= 0.6 is 31.9 Å². The molecule has 19 heavy (non-hydrogen) atoms. The predicted molar refractivity (Wildman–Crippen MR) is 84.1 cm³/mol. The number of hydrogen-bond donors (Lipinski definition) is 0. The highest BCUT2D eigenvalue weighted by Gasteiger charge is 2.25. The molecule has 1 saturated heterocycles. The Labute approximate surface area is 131 Å². The molecule has 0 aliphatic carbocycles. The van der Waals surface area contributed by atoms with Crippen LogP contribution in [0, 0.1) is 0 Å². The summed E-state index contributed by atoms with van der Waals surface area (Å²) < 4.78 is 12.0. The van der Waals surface area contributed by atoms with Crippen LogP contribution in [-0.2, 0) is 11.3 Å². The van der Waals surface area contributed by atoms with Gasteiger partial charge in [-0.1, -0.05) is 22.0 Å². The van der Waals surface area contributed by atoms with Gasteiger partial charge in [-0.15, -0.1) is 0 Å². The minimum atomic E-state index is 0.290. The van der Waals surface area contributed by atoms with Gasteiger partial charge in [0, 0.05) is 24.5 Å². The highest BCUT2D eigenvalue weighted by atomic mass is 79.9. The van der Waals surface area contributed by atoms with Crippen LogP contribution in [0.3, 0.4) is 0 Å². The van der Waals surface area contributed by atoms with E-state index in [1.54, 1.807) is 7.11 Å². The van der Waals surface area contributed by atoms with Gasteiger partial charge in [-0.05, 0) is 40.5 Å². The Hall–Kier alpha value is -0.100. The highest BCUT2D eigenvalue weighted by molar-refractivity contribution is 9.10. The lowest BCUT2D eigenvalue weighted by molar-refractivity contribution is -0.0499. The SMILES string of the molecule is COc1ccc(CN2CC(CBr)OCC2C)cc1Br. The zero-order valence-electron chi connectivity index (χ0n) is 11.2. The number of rotatable bonds is 4. The van der Waals surface area contributed by atoms with Crippen molar-refractivity contribution in [2.24, 2.45) is 0 Å². The Balaban J connectivity index is 2.05. The van der Waals surface area contributed by atoms with Crippen LogP contribution in [0.2, 0.25) is 0 Å². The minimum absolute atomic E-state index is 0.290. The van der Waals surface area contributed by atoms with E-state index in [-0.39, 0.29) is 6.10 Å². The molecule has 2 atom stereocenters. The third kappa shape index (κ3) is 3.94.